The van der Waals surface area contributed by atoms with Gasteiger partial charge in [0.25, 0.3) is 0 Å². The quantitative estimate of drug-likeness (QED) is 0.571. The molecule has 1 aromatic carbocycles. The number of hydrogen-bond acceptors (Lipinski definition) is 1. The van der Waals surface area contributed by atoms with Crippen LogP contribution in [0.1, 0.15) is 106 Å². The van der Waals surface area contributed by atoms with Crippen LogP contribution in [0.3, 0.4) is 0 Å². The molecule has 0 saturated heterocycles. The van der Waals surface area contributed by atoms with E-state index in [1.807, 2.05) is 0 Å². The molecule has 154 valence electrons. The minimum absolute atomic E-state index is 0.0683. The van der Waals surface area contributed by atoms with E-state index in [0.29, 0.717) is 11.3 Å². The van der Waals surface area contributed by atoms with Crippen molar-refractivity contribution in [3.63, 3.8) is 0 Å². The third-order valence-electron chi connectivity index (χ3n) is 8.55. The fraction of sp³-hybridized carbons (Fsp3) is 0.704. The molecule has 0 aromatic heterocycles. The van der Waals surface area contributed by atoms with Gasteiger partial charge >= 0.3 is 0 Å². The fourth-order valence-corrected chi connectivity index (χ4v) is 6.88. The second-order valence-electron chi connectivity index (χ2n) is 10.7. The summed E-state index contributed by atoms with van der Waals surface area (Å²) >= 11 is 0. The Hall–Kier alpha value is -1.08. The van der Waals surface area contributed by atoms with Crippen molar-refractivity contribution in [3.8, 4) is 0 Å². The van der Waals surface area contributed by atoms with E-state index < -0.39 is 0 Å². The average molecular weight is 381 g/mol. The Morgan fingerprint density at radius 3 is 2.71 bits per heavy atom. The van der Waals surface area contributed by atoms with Crippen LogP contribution in [0.25, 0.3) is 0 Å². The summed E-state index contributed by atoms with van der Waals surface area (Å²) in [5.41, 5.74) is 10.1. The zero-order valence-corrected chi connectivity index (χ0v) is 18.8. The van der Waals surface area contributed by atoms with Gasteiger partial charge in [0.15, 0.2) is 0 Å². The van der Waals surface area contributed by atoms with Gasteiger partial charge in [-0.3, -0.25) is 0 Å². The molecular weight excluding hydrogens is 340 g/mol. The van der Waals surface area contributed by atoms with Gasteiger partial charge in [0.2, 0.25) is 0 Å². The lowest BCUT2D eigenvalue weighted by Gasteiger charge is -2.48. The van der Waals surface area contributed by atoms with Gasteiger partial charge in [0.05, 0.1) is 6.10 Å². The van der Waals surface area contributed by atoms with Gasteiger partial charge in [0, 0.05) is 0 Å². The Bertz CT molecular complexity index is 769. The van der Waals surface area contributed by atoms with Crippen molar-refractivity contribution in [3.05, 3.63) is 45.5 Å². The Morgan fingerprint density at radius 1 is 1.21 bits per heavy atom. The van der Waals surface area contributed by atoms with Crippen LogP contribution in [0.4, 0.5) is 0 Å². The lowest BCUT2D eigenvalue weighted by atomic mass is 9.57. The maximum absolute atomic E-state index is 10.2. The smallest absolute Gasteiger partial charge is 0.0543 e. The van der Waals surface area contributed by atoms with Gasteiger partial charge in [-0.15, -0.1) is 0 Å². The van der Waals surface area contributed by atoms with E-state index in [4.69, 9.17) is 0 Å². The van der Waals surface area contributed by atoms with Gasteiger partial charge in [-0.2, -0.15) is 0 Å². The van der Waals surface area contributed by atoms with Crippen LogP contribution in [-0.2, 0) is 18.3 Å². The summed E-state index contributed by atoms with van der Waals surface area (Å²) < 4.78 is 0. The molecule has 1 N–H and O–H groups in total. The Morgan fingerprint density at radius 2 is 1.96 bits per heavy atom. The van der Waals surface area contributed by atoms with E-state index in [-0.39, 0.29) is 6.10 Å². The average Bonchev–Trinajstić information content (AvgIpc) is 3.09. The Labute approximate surface area is 172 Å². The highest BCUT2D eigenvalue weighted by molar-refractivity contribution is 5.54. The van der Waals surface area contributed by atoms with Gasteiger partial charge in [-0.05, 0) is 130 Å². The molecule has 0 heterocycles. The van der Waals surface area contributed by atoms with Crippen molar-refractivity contribution in [2.24, 2.45) is 11.8 Å². The molecule has 5 atom stereocenters. The first kappa shape index (κ1) is 20.2. The van der Waals surface area contributed by atoms with Crippen LogP contribution in [0.2, 0.25) is 0 Å². The molecule has 0 radical (unpaired) electrons. The summed E-state index contributed by atoms with van der Waals surface area (Å²) in [5, 5.41) is 10.2. The fourth-order valence-electron chi connectivity index (χ4n) is 6.88. The molecule has 0 aliphatic heterocycles. The summed E-state index contributed by atoms with van der Waals surface area (Å²) in [6, 6.07) is 2.58. The van der Waals surface area contributed by atoms with E-state index in [9.17, 15) is 5.11 Å². The van der Waals surface area contributed by atoms with Crippen molar-refractivity contribution < 1.29 is 5.11 Å². The molecule has 3 aliphatic rings. The summed E-state index contributed by atoms with van der Waals surface area (Å²) in [7, 11) is 0. The molecule has 3 aliphatic carbocycles. The van der Waals surface area contributed by atoms with Gasteiger partial charge in [0.1, 0.15) is 0 Å². The molecule has 0 amide bonds. The van der Waals surface area contributed by atoms with E-state index >= 15 is 0 Å². The monoisotopic (exact) mass is 380 g/mol. The van der Waals surface area contributed by atoms with Gasteiger partial charge in [-0.1, -0.05) is 31.6 Å². The van der Waals surface area contributed by atoms with Crippen molar-refractivity contribution in [2.75, 3.05) is 0 Å². The molecule has 1 unspecified atom stereocenters. The standard InChI is InChI=1S/C27H40O/c1-17(2)7-6-8-18(3)22-11-12-24-23-10-9-20-16-21(28)13-14-27(20,5)25(23)15-19(4)26(22)24/h7,15,18,20-22,28H,6,8-14,16H2,1-5H3/t18-,20?,21+,22-,27+/m1/s1. The van der Waals surface area contributed by atoms with E-state index in [0.717, 1.165) is 31.1 Å². The number of hydrogen-bond donors (Lipinski definition) is 1. The second-order valence-corrected chi connectivity index (χ2v) is 10.7. The number of aryl methyl sites for hydroxylation is 1. The first-order valence-electron chi connectivity index (χ1n) is 11.8. The molecule has 1 saturated carbocycles. The van der Waals surface area contributed by atoms with E-state index in [2.05, 4.69) is 46.8 Å². The summed E-state index contributed by atoms with van der Waals surface area (Å²) in [6.45, 7) is 11.8. The highest BCUT2D eigenvalue weighted by atomic mass is 16.3. The lowest BCUT2D eigenvalue weighted by Crippen LogP contribution is -2.43. The zero-order chi connectivity index (χ0) is 20.1. The predicted molar refractivity (Wildman–Crippen MR) is 119 cm³/mol. The molecular formula is C27H40O. The van der Waals surface area contributed by atoms with Gasteiger partial charge in [-0.25, -0.2) is 0 Å². The first-order valence-corrected chi connectivity index (χ1v) is 11.8. The number of allylic oxidation sites excluding steroid dienone is 2. The third kappa shape index (κ3) is 3.38. The summed E-state index contributed by atoms with van der Waals surface area (Å²) in [5.74, 6) is 2.19. The van der Waals surface area contributed by atoms with Crippen LogP contribution in [0, 0.1) is 18.8 Å². The normalized spacial score (nSPS) is 32.3. The second kappa shape index (κ2) is 7.63. The van der Waals surface area contributed by atoms with Crippen LogP contribution in [-0.4, -0.2) is 11.2 Å². The van der Waals surface area contributed by atoms with Crippen molar-refractivity contribution in [2.45, 2.75) is 110 Å². The molecule has 0 bridgehead atoms. The summed E-state index contributed by atoms with van der Waals surface area (Å²) in [6.07, 6.45) is 13.2. The number of rotatable bonds is 4. The molecule has 0 spiro atoms. The minimum Gasteiger partial charge on any atom is -0.393 e. The first-order chi connectivity index (χ1) is 13.3. The van der Waals surface area contributed by atoms with Crippen LogP contribution in [0.15, 0.2) is 17.7 Å². The van der Waals surface area contributed by atoms with Crippen molar-refractivity contribution >= 4 is 0 Å². The largest absolute Gasteiger partial charge is 0.393 e. The Balaban J connectivity index is 1.65. The van der Waals surface area contributed by atoms with Crippen molar-refractivity contribution in [1.82, 2.24) is 0 Å². The number of aliphatic hydroxyl groups is 1. The van der Waals surface area contributed by atoms with Crippen LogP contribution >= 0.6 is 0 Å². The summed E-state index contributed by atoms with van der Waals surface area (Å²) in [4.78, 5) is 0. The number of benzene rings is 1. The predicted octanol–water partition coefficient (Wildman–Crippen LogP) is 6.77. The van der Waals surface area contributed by atoms with Gasteiger partial charge < -0.3 is 5.11 Å². The SMILES string of the molecule is CC(C)=CCC[C@@H](C)[C@H]1CCc2c3c(cc(C)c21)[C@@]1(C)CC[C@H](O)CC1CC3. The van der Waals surface area contributed by atoms with Crippen LogP contribution < -0.4 is 0 Å². The minimum atomic E-state index is -0.0683. The molecule has 28 heavy (non-hydrogen) atoms. The molecule has 1 fully saturated rings. The zero-order valence-electron chi connectivity index (χ0n) is 18.8. The van der Waals surface area contributed by atoms with E-state index in [1.54, 1.807) is 27.8 Å². The highest BCUT2D eigenvalue weighted by Crippen LogP contribution is 2.54. The Kier molecular flexibility index (Phi) is 5.51. The topological polar surface area (TPSA) is 20.2 Å². The maximum atomic E-state index is 10.2. The molecule has 4 rings (SSSR count). The van der Waals surface area contributed by atoms with E-state index in [1.165, 1.54) is 44.1 Å². The highest BCUT2D eigenvalue weighted by Gasteiger charge is 2.46. The van der Waals surface area contributed by atoms with Crippen molar-refractivity contribution in [1.29, 1.82) is 0 Å². The molecule has 1 nitrogen and oxygen atoms in total. The molecule has 1 heteroatoms. The number of aliphatic hydroxyl groups excluding tert-OH is 1. The van der Waals surface area contributed by atoms with Crippen LogP contribution in [0.5, 0.6) is 0 Å². The maximum Gasteiger partial charge on any atom is 0.0543 e. The number of fused-ring (bicyclic) bond motifs is 5. The third-order valence-corrected chi connectivity index (χ3v) is 8.55. The lowest BCUT2D eigenvalue weighted by molar-refractivity contribution is 0.0482. The molecule has 1 aromatic rings.